The average molecular weight is 377 g/mol. The molecule has 0 bridgehead atoms. The fraction of sp³-hybridized carbons (Fsp3) is 0.480. The Morgan fingerprint density at radius 1 is 0.964 bits per heavy atom. The van der Waals surface area contributed by atoms with Gasteiger partial charge in [-0.25, -0.2) is 4.98 Å². The quantitative estimate of drug-likeness (QED) is 0.437. The van der Waals surface area contributed by atoms with Gasteiger partial charge >= 0.3 is 0 Å². The number of para-hydroxylation sites is 2. The Bertz CT molecular complexity index is 921. The summed E-state index contributed by atoms with van der Waals surface area (Å²) < 4.78 is 8.54. The molecule has 0 spiro atoms. The first-order chi connectivity index (χ1) is 13.7. The lowest BCUT2D eigenvalue weighted by atomic mass is 9.88. The first kappa shape index (κ1) is 19.0. The second kappa shape index (κ2) is 8.81. The highest BCUT2D eigenvalue weighted by molar-refractivity contribution is 5.76. The third-order valence-corrected chi connectivity index (χ3v) is 6.24. The minimum atomic E-state index is 0.632. The molecule has 1 aliphatic rings. The Kier molecular flexibility index (Phi) is 5.99. The van der Waals surface area contributed by atoms with Gasteiger partial charge in [-0.3, -0.25) is 0 Å². The summed E-state index contributed by atoms with van der Waals surface area (Å²) in [5, 5.41) is 0. The molecule has 0 atom stereocenters. The number of benzene rings is 2. The van der Waals surface area contributed by atoms with Gasteiger partial charge in [-0.1, -0.05) is 43.5 Å². The lowest BCUT2D eigenvalue weighted by Crippen LogP contribution is -2.13. The van der Waals surface area contributed by atoms with Crippen LogP contribution in [0, 0.1) is 13.8 Å². The molecule has 0 radical (unpaired) electrons. The van der Waals surface area contributed by atoms with Crippen LogP contribution in [-0.4, -0.2) is 16.2 Å². The Morgan fingerprint density at radius 2 is 1.79 bits per heavy atom. The monoisotopic (exact) mass is 376 g/mol. The van der Waals surface area contributed by atoms with E-state index < -0.39 is 0 Å². The summed E-state index contributed by atoms with van der Waals surface area (Å²) in [5.41, 5.74) is 4.98. The van der Waals surface area contributed by atoms with E-state index in [0.717, 1.165) is 37.3 Å². The van der Waals surface area contributed by atoms with Crippen molar-refractivity contribution in [2.24, 2.45) is 0 Å². The molecule has 1 aliphatic carbocycles. The molecule has 1 heterocycles. The van der Waals surface area contributed by atoms with E-state index in [0.29, 0.717) is 5.92 Å². The molecule has 1 saturated carbocycles. The lowest BCUT2D eigenvalue weighted by Gasteiger charge is -2.22. The van der Waals surface area contributed by atoms with Crippen molar-refractivity contribution < 1.29 is 4.74 Å². The van der Waals surface area contributed by atoms with Crippen molar-refractivity contribution >= 4 is 11.0 Å². The maximum atomic E-state index is 6.05. The van der Waals surface area contributed by atoms with E-state index in [1.54, 1.807) is 0 Å². The standard InChI is InChI=1S/C25H32N2O/c1-19-11-10-16-24(20(19)2)28-18-9-8-17-27-23-15-7-6-14-22(23)26-25(27)21-12-4-3-5-13-21/h6-7,10-11,14-16,21H,3-5,8-9,12-13,17-18H2,1-2H3. The summed E-state index contributed by atoms with van der Waals surface area (Å²) in [6.07, 6.45) is 8.83. The van der Waals surface area contributed by atoms with Gasteiger partial charge in [0.2, 0.25) is 0 Å². The van der Waals surface area contributed by atoms with E-state index >= 15 is 0 Å². The van der Waals surface area contributed by atoms with E-state index in [2.05, 4.69) is 60.9 Å². The number of hydrogen-bond acceptors (Lipinski definition) is 2. The van der Waals surface area contributed by atoms with Crippen molar-refractivity contribution in [3.8, 4) is 5.75 Å². The van der Waals surface area contributed by atoms with Crippen LogP contribution in [0.3, 0.4) is 0 Å². The second-order valence-corrected chi connectivity index (χ2v) is 8.20. The summed E-state index contributed by atoms with van der Waals surface area (Å²) in [7, 11) is 0. The van der Waals surface area contributed by atoms with E-state index in [9.17, 15) is 0 Å². The normalized spacial score (nSPS) is 15.2. The van der Waals surface area contributed by atoms with Crippen LogP contribution in [0.25, 0.3) is 11.0 Å². The van der Waals surface area contributed by atoms with Crippen LogP contribution in [0.15, 0.2) is 42.5 Å². The molecule has 3 aromatic rings. The molecule has 1 aromatic heterocycles. The fourth-order valence-corrected chi connectivity index (χ4v) is 4.44. The van der Waals surface area contributed by atoms with Crippen molar-refractivity contribution in [1.29, 1.82) is 0 Å². The van der Waals surface area contributed by atoms with Gasteiger partial charge in [-0.05, 0) is 68.9 Å². The molecule has 28 heavy (non-hydrogen) atoms. The fourth-order valence-electron chi connectivity index (χ4n) is 4.44. The number of aromatic nitrogens is 2. The summed E-state index contributed by atoms with van der Waals surface area (Å²) in [6.45, 7) is 6.08. The van der Waals surface area contributed by atoms with E-state index in [1.807, 2.05) is 0 Å². The zero-order valence-corrected chi connectivity index (χ0v) is 17.3. The predicted octanol–water partition coefficient (Wildman–Crippen LogP) is 6.56. The average Bonchev–Trinajstić information content (AvgIpc) is 3.10. The number of ether oxygens (including phenoxy) is 1. The van der Waals surface area contributed by atoms with Crippen LogP contribution >= 0.6 is 0 Å². The highest BCUT2D eigenvalue weighted by atomic mass is 16.5. The number of fused-ring (bicyclic) bond motifs is 1. The van der Waals surface area contributed by atoms with Crippen molar-refractivity contribution in [2.45, 2.75) is 71.3 Å². The van der Waals surface area contributed by atoms with Gasteiger partial charge in [-0.2, -0.15) is 0 Å². The predicted molar refractivity (Wildman–Crippen MR) is 116 cm³/mol. The van der Waals surface area contributed by atoms with Crippen molar-refractivity contribution in [2.75, 3.05) is 6.61 Å². The molecule has 0 amide bonds. The van der Waals surface area contributed by atoms with Gasteiger partial charge < -0.3 is 9.30 Å². The number of imidazole rings is 1. The lowest BCUT2D eigenvalue weighted by molar-refractivity contribution is 0.300. The maximum Gasteiger partial charge on any atom is 0.122 e. The summed E-state index contributed by atoms with van der Waals surface area (Å²) in [4.78, 5) is 5.04. The van der Waals surface area contributed by atoms with E-state index in [1.165, 1.54) is 54.6 Å². The Labute approximate surface area is 168 Å². The number of rotatable bonds is 7. The van der Waals surface area contributed by atoms with Crippen LogP contribution in [0.4, 0.5) is 0 Å². The molecule has 0 N–H and O–H groups in total. The molecule has 148 valence electrons. The van der Waals surface area contributed by atoms with Crippen LogP contribution in [0.5, 0.6) is 5.75 Å². The molecular weight excluding hydrogens is 344 g/mol. The molecule has 1 fully saturated rings. The molecule has 0 aliphatic heterocycles. The minimum Gasteiger partial charge on any atom is -0.493 e. The number of hydrogen-bond donors (Lipinski definition) is 0. The van der Waals surface area contributed by atoms with E-state index in [-0.39, 0.29) is 0 Å². The van der Waals surface area contributed by atoms with Gasteiger partial charge in [0.15, 0.2) is 0 Å². The molecule has 3 heteroatoms. The minimum absolute atomic E-state index is 0.632. The second-order valence-electron chi connectivity index (χ2n) is 8.20. The molecule has 2 aromatic carbocycles. The summed E-state index contributed by atoms with van der Waals surface area (Å²) >= 11 is 0. The molecule has 4 rings (SSSR count). The van der Waals surface area contributed by atoms with Crippen molar-refractivity contribution in [1.82, 2.24) is 9.55 Å². The maximum absolute atomic E-state index is 6.05. The third kappa shape index (κ3) is 4.09. The van der Waals surface area contributed by atoms with Crippen LogP contribution in [0.2, 0.25) is 0 Å². The highest BCUT2D eigenvalue weighted by Gasteiger charge is 2.22. The van der Waals surface area contributed by atoms with Gasteiger partial charge in [-0.15, -0.1) is 0 Å². The first-order valence-corrected chi connectivity index (χ1v) is 10.9. The van der Waals surface area contributed by atoms with Gasteiger partial charge in [0.1, 0.15) is 11.6 Å². The Hall–Kier alpha value is -2.29. The van der Waals surface area contributed by atoms with Gasteiger partial charge in [0.05, 0.1) is 17.6 Å². The zero-order valence-electron chi connectivity index (χ0n) is 17.3. The first-order valence-electron chi connectivity index (χ1n) is 10.9. The van der Waals surface area contributed by atoms with Crippen molar-refractivity contribution in [3.63, 3.8) is 0 Å². The Morgan fingerprint density at radius 3 is 2.64 bits per heavy atom. The van der Waals surface area contributed by atoms with Crippen molar-refractivity contribution in [3.05, 3.63) is 59.4 Å². The summed E-state index contributed by atoms with van der Waals surface area (Å²) in [5.74, 6) is 2.97. The van der Waals surface area contributed by atoms with Gasteiger partial charge in [0, 0.05) is 12.5 Å². The summed E-state index contributed by atoms with van der Waals surface area (Å²) in [6, 6.07) is 14.9. The van der Waals surface area contributed by atoms with Crippen LogP contribution in [0.1, 0.15) is 67.8 Å². The molecule has 0 unspecified atom stereocenters. The number of unbranched alkanes of at least 4 members (excludes halogenated alkanes) is 1. The van der Waals surface area contributed by atoms with Crippen LogP contribution in [-0.2, 0) is 6.54 Å². The van der Waals surface area contributed by atoms with Gasteiger partial charge in [0.25, 0.3) is 0 Å². The largest absolute Gasteiger partial charge is 0.493 e. The highest BCUT2D eigenvalue weighted by Crippen LogP contribution is 2.34. The number of nitrogens with zero attached hydrogens (tertiary/aromatic N) is 2. The third-order valence-electron chi connectivity index (χ3n) is 6.24. The molecular formula is C25H32N2O. The SMILES string of the molecule is Cc1cccc(OCCCCn2c(C3CCCCC3)nc3ccccc32)c1C. The zero-order chi connectivity index (χ0) is 19.3. The van der Waals surface area contributed by atoms with Crippen LogP contribution < -0.4 is 4.74 Å². The van der Waals surface area contributed by atoms with E-state index in [4.69, 9.17) is 9.72 Å². The topological polar surface area (TPSA) is 27.1 Å². The molecule has 3 nitrogen and oxygen atoms in total. The number of aryl methyl sites for hydroxylation is 2. The molecule has 0 saturated heterocycles. The smallest absolute Gasteiger partial charge is 0.122 e. The Balaban J connectivity index is 1.40.